The lowest BCUT2D eigenvalue weighted by atomic mass is 10.0. The molecule has 0 aliphatic rings. The van der Waals surface area contributed by atoms with Crippen molar-refractivity contribution in [3.8, 4) is 68.1 Å². The van der Waals surface area contributed by atoms with E-state index in [0.29, 0.717) is 0 Å². The van der Waals surface area contributed by atoms with Crippen molar-refractivity contribution >= 4 is 0 Å². The van der Waals surface area contributed by atoms with E-state index in [2.05, 4.69) is 185 Å². The van der Waals surface area contributed by atoms with Crippen molar-refractivity contribution in [1.29, 1.82) is 0 Å². The smallest absolute Gasteiger partial charge is 0.163 e. The van der Waals surface area contributed by atoms with Crippen molar-refractivity contribution in [2.75, 3.05) is 0 Å². The van der Waals surface area contributed by atoms with E-state index in [-0.39, 0.29) is 0 Å². The van der Waals surface area contributed by atoms with E-state index in [1.54, 1.807) is 0 Å². The van der Waals surface area contributed by atoms with Crippen LogP contribution in [0.2, 0.25) is 0 Å². The summed E-state index contributed by atoms with van der Waals surface area (Å²) < 4.78 is 0. The maximum Gasteiger partial charge on any atom is 0.163 e. The molecule has 0 atom stereocenters. The van der Waals surface area contributed by atoms with Gasteiger partial charge in [0.1, 0.15) is 17.5 Å². The second kappa shape index (κ2) is 19.9. The predicted molar refractivity (Wildman–Crippen MR) is 257 cm³/mol. The van der Waals surface area contributed by atoms with Crippen molar-refractivity contribution < 1.29 is 0 Å². The lowest BCUT2D eigenvalue weighted by Crippen LogP contribution is -1.99. The highest BCUT2D eigenvalue weighted by Gasteiger charge is 2.11. The zero-order valence-corrected chi connectivity index (χ0v) is 37.5. The van der Waals surface area contributed by atoms with Crippen LogP contribution in [0.4, 0.5) is 0 Å². The lowest BCUT2D eigenvalue weighted by molar-refractivity contribution is 0.991. The number of rotatable bonds is 6. The van der Waals surface area contributed by atoms with Crippen LogP contribution in [0, 0.1) is 62.3 Å². The first-order valence-corrected chi connectivity index (χ1v) is 21.1. The molecule has 0 N–H and O–H groups in total. The Labute approximate surface area is 371 Å². The van der Waals surface area contributed by atoms with Gasteiger partial charge in [0, 0.05) is 33.4 Å². The summed E-state index contributed by atoms with van der Waals surface area (Å²) in [6, 6.07) is 51.8. The molecule has 0 amide bonds. The van der Waals surface area contributed by atoms with Gasteiger partial charge < -0.3 is 0 Å². The van der Waals surface area contributed by atoms with E-state index in [4.69, 9.17) is 0 Å². The second-order valence-corrected chi connectivity index (χ2v) is 16.0. The van der Waals surface area contributed by atoms with Gasteiger partial charge in [-0.05, 0) is 92.6 Å². The molecule has 8 heteroatoms. The first-order valence-electron chi connectivity index (χ1n) is 21.1. The van der Waals surface area contributed by atoms with Crippen molar-refractivity contribution in [2.24, 2.45) is 0 Å². The summed E-state index contributed by atoms with van der Waals surface area (Å²) in [4.78, 5) is 36.3. The first-order chi connectivity index (χ1) is 30.3. The molecule has 8 nitrogen and oxygen atoms in total. The molecule has 0 bridgehead atoms. The van der Waals surface area contributed by atoms with Gasteiger partial charge in [-0.1, -0.05) is 155 Å². The largest absolute Gasteiger partial charge is 0.233 e. The molecular weight excluding hydrogens is 773 g/mol. The van der Waals surface area contributed by atoms with E-state index in [1.165, 1.54) is 33.4 Å². The predicted octanol–water partition coefficient (Wildman–Crippen LogP) is 13.0. The molecule has 0 saturated heterocycles. The molecule has 0 spiro atoms. The van der Waals surface area contributed by atoms with Crippen LogP contribution in [0.5, 0.6) is 0 Å². The molecule has 0 saturated carbocycles. The minimum Gasteiger partial charge on any atom is -0.233 e. The molecule has 312 valence electrons. The SMILES string of the molecule is Cc1ccc(-c2nc(C)nc(-c3ccc(C)cc3)n2)cc1.Cc1cccc(-c2cc(-c3cccc(C)c3)nc(C)n2)c1.Cc1cccc(-c2nc(C)nc(-c3cccc(C)c3)n2)c1. The third-order valence-electron chi connectivity index (χ3n) is 10.1. The molecule has 9 aromatic rings. The van der Waals surface area contributed by atoms with Crippen LogP contribution in [0.1, 0.15) is 50.9 Å². The number of aromatic nitrogens is 8. The summed E-state index contributed by atoms with van der Waals surface area (Å²) in [6.45, 7) is 18.2. The van der Waals surface area contributed by atoms with Crippen LogP contribution in [0.25, 0.3) is 68.1 Å². The van der Waals surface area contributed by atoms with Crippen molar-refractivity contribution in [1.82, 2.24) is 39.9 Å². The minimum absolute atomic E-state index is 0.720. The standard InChI is InChI=1S/C19H18N2.2C18H17N3/c1-13-6-4-8-16(10-13)18-12-19(21-15(3)20-18)17-9-5-7-14(2)11-17;1-12-4-8-15(9-5-12)17-19-14(3)20-18(21-17)16-10-6-13(2)7-11-16;1-12-6-4-8-15(10-12)17-19-14(3)20-18(21-17)16-9-5-7-13(2)11-16/h4-12H,1-3H3;2*4-11H,1-3H3. The minimum atomic E-state index is 0.720. The van der Waals surface area contributed by atoms with Gasteiger partial charge in [-0.2, -0.15) is 0 Å². The van der Waals surface area contributed by atoms with Gasteiger partial charge in [0.15, 0.2) is 23.3 Å². The summed E-state index contributed by atoms with van der Waals surface area (Å²) in [5, 5.41) is 0. The van der Waals surface area contributed by atoms with E-state index >= 15 is 0 Å². The zero-order valence-electron chi connectivity index (χ0n) is 37.5. The molecule has 0 aliphatic heterocycles. The molecule has 9 rings (SSSR count). The molecule has 0 fully saturated rings. The Morgan fingerprint density at radius 3 is 0.841 bits per heavy atom. The fourth-order valence-corrected chi connectivity index (χ4v) is 6.93. The zero-order chi connectivity index (χ0) is 44.5. The fourth-order valence-electron chi connectivity index (χ4n) is 6.93. The number of hydrogen-bond acceptors (Lipinski definition) is 8. The monoisotopic (exact) mass is 824 g/mol. The third-order valence-corrected chi connectivity index (χ3v) is 10.1. The molecule has 0 radical (unpaired) electrons. The number of nitrogens with zero attached hydrogens (tertiary/aromatic N) is 8. The van der Waals surface area contributed by atoms with Gasteiger partial charge in [0.05, 0.1) is 11.4 Å². The highest BCUT2D eigenvalue weighted by Crippen LogP contribution is 2.26. The quantitative estimate of drug-likeness (QED) is 0.163. The van der Waals surface area contributed by atoms with Gasteiger partial charge in [0.25, 0.3) is 0 Å². The molecule has 6 aromatic carbocycles. The highest BCUT2D eigenvalue weighted by atomic mass is 15.0. The second-order valence-electron chi connectivity index (χ2n) is 16.0. The topological polar surface area (TPSA) is 103 Å². The van der Waals surface area contributed by atoms with Crippen molar-refractivity contribution in [2.45, 2.75) is 62.3 Å². The Morgan fingerprint density at radius 1 is 0.222 bits per heavy atom. The highest BCUT2D eigenvalue weighted by molar-refractivity contribution is 5.69. The van der Waals surface area contributed by atoms with Crippen LogP contribution in [-0.4, -0.2) is 39.9 Å². The summed E-state index contributed by atoms with van der Waals surface area (Å²) in [5.74, 6) is 5.15. The van der Waals surface area contributed by atoms with Gasteiger partial charge in [-0.15, -0.1) is 0 Å². The van der Waals surface area contributed by atoms with Crippen molar-refractivity contribution in [3.05, 3.63) is 203 Å². The Hall–Kier alpha value is -7.58. The maximum atomic E-state index is 4.63. The Morgan fingerprint density at radius 2 is 0.508 bits per heavy atom. The average molecular weight is 825 g/mol. The number of benzene rings is 6. The Kier molecular flexibility index (Phi) is 13.7. The normalized spacial score (nSPS) is 10.6. The van der Waals surface area contributed by atoms with Crippen molar-refractivity contribution in [3.63, 3.8) is 0 Å². The summed E-state index contributed by atoms with van der Waals surface area (Å²) in [7, 11) is 0. The lowest BCUT2D eigenvalue weighted by Gasteiger charge is -2.08. The Bertz CT molecular complexity index is 2670. The Balaban J connectivity index is 0.000000142. The van der Waals surface area contributed by atoms with Gasteiger partial charge in [-0.25, -0.2) is 39.9 Å². The summed E-state index contributed by atoms with van der Waals surface area (Å²) in [6.07, 6.45) is 0. The van der Waals surface area contributed by atoms with Gasteiger partial charge >= 0.3 is 0 Å². The van der Waals surface area contributed by atoms with Gasteiger partial charge in [-0.3, -0.25) is 0 Å². The molecule has 0 aliphatic carbocycles. The van der Waals surface area contributed by atoms with Crippen LogP contribution < -0.4 is 0 Å². The number of aryl methyl sites for hydroxylation is 9. The summed E-state index contributed by atoms with van der Waals surface area (Å²) >= 11 is 0. The van der Waals surface area contributed by atoms with Gasteiger partial charge in [0.2, 0.25) is 0 Å². The molecule has 3 aromatic heterocycles. The fraction of sp³-hybridized carbons (Fsp3) is 0.164. The molecular formula is C55H52N8. The third kappa shape index (κ3) is 11.8. The average Bonchev–Trinajstić information content (AvgIpc) is 3.27. The summed E-state index contributed by atoms with van der Waals surface area (Å²) in [5.41, 5.74) is 15.6. The van der Waals surface area contributed by atoms with E-state index in [0.717, 1.165) is 85.5 Å². The van der Waals surface area contributed by atoms with Crippen LogP contribution in [0.15, 0.2) is 152 Å². The maximum absolute atomic E-state index is 4.63. The molecule has 0 unspecified atom stereocenters. The molecule has 63 heavy (non-hydrogen) atoms. The molecule has 3 heterocycles. The van der Waals surface area contributed by atoms with E-state index in [1.807, 2.05) is 69.3 Å². The number of hydrogen-bond donors (Lipinski definition) is 0. The van der Waals surface area contributed by atoms with Crippen LogP contribution in [-0.2, 0) is 0 Å². The van der Waals surface area contributed by atoms with E-state index < -0.39 is 0 Å². The first kappa shape index (κ1) is 43.5. The van der Waals surface area contributed by atoms with Crippen LogP contribution in [0.3, 0.4) is 0 Å². The van der Waals surface area contributed by atoms with E-state index in [9.17, 15) is 0 Å². The van der Waals surface area contributed by atoms with Crippen LogP contribution >= 0.6 is 0 Å².